The second-order valence-electron chi connectivity index (χ2n) is 5.72. The van der Waals surface area contributed by atoms with Gasteiger partial charge < -0.3 is 5.73 Å². The molecule has 0 amide bonds. The van der Waals surface area contributed by atoms with Gasteiger partial charge in [-0.1, -0.05) is 6.92 Å². The number of sulfonamides is 1. The van der Waals surface area contributed by atoms with Crippen LogP contribution in [-0.2, 0) is 10.0 Å². The molecule has 1 aliphatic heterocycles. The molecule has 6 heteroatoms. The molecule has 1 atom stereocenters. The van der Waals surface area contributed by atoms with Crippen LogP contribution in [-0.4, -0.2) is 49.8 Å². The van der Waals surface area contributed by atoms with Crippen LogP contribution in [0.4, 0.5) is 5.69 Å². The van der Waals surface area contributed by atoms with Gasteiger partial charge in [0.1, 0.15) is 0 Å². The molecule has 1 fully saturated rings. The summed E-state index contributed by atoms with van der Waals surface area (Å²) in [4.78, 5) is 2.72. The van der Waals surface area contributed by atoms with Crippen molar-refractivity contribution >= 4 is 15.7 Å². The first-order valence-electron chi connectivity index (χ1n) is 7.46. The Bertz CT molecular complexity index is 593. The lowest BCUT2D eigenvalue weighted by molar-refractivity contribution is 0.142. The Morgan fingerprint density at radius 1 is 1.24 bits per heavy atom. The molecule has 0 aliphatic carbocycles. The average Bonchev–Trinajstić information content (AvgIpc) is 2.46. The SMILES string of the molecule is CCC(C)N1CCN(S(=O)(=O)c2ccc(N)cc2C)CC1. The quantitative estimate of drug-likeness (QED) is 0.859. The van der Waals surface area contributed by atoms with Gasteiger partial charge in [-0.25, -0.2) is 8.42 Å². The topological polar surface area (TPSA) is 66.6 Å². The number of hydrogen-bond donors (Lipinski definition) is 1. The molecule has 2 rings (SSSR count). The van der Waals surface area contributed by atoms with Gasteiger partial charge in [0.05, 0.1) is 4.90 Å². The average molecular weight is 311 g/mol. The molecular weight excluding hydrogens is 286 g/mol. The zero-order chi connectivity index (χ0) is 15.6. The first kappa shape index (κ1) is 16.3. The molecule has 1 aromatic carbocycles. The van der Waals surface area contributed by atoms with Crippen LogP contribution in [0.3, 0.4) is 0 Å². The van der Waals surface area contributed by atoms with E-state index in [-0.39, 0.29) is 0 Å². The molecule has 1 heterocycles. The first-order valence-corrected chi connectivity index (χ1v) is 8.90. The summed E-state index contributed by atoms with van der Waals surface area (Å²) in [6, 6.07) is 5.48. The third kappa shape index (κ3) is 3.39. The van der Waals surface area contributed by atoms with Crippen molar-refractivity contribution in [2.75, 3.05) is 31.9 Å². The van der Waals surface area contributed by atoms with E-state index in [4.69, 9.17) is 5.73 Å². The minimum absolute atomic E-state index is 0.369. The standard InChI is InChI=1S/C15H25N3O2S/c1-4-13(3)17-7-9-18(10-8-17)21(19,20)15-6-5-14(16)11-12(15)2/h5-6,11,13H,4,7-10,16H2,1-3H3. The summed E-state index contributed by atoms with van der Waals surface area (Å²) < 4.78 is 27.1. The Morgan fingerprint density at radius 2 is 1.86 bits per heavy atom. The summed E-state index contributed by atoms with van der Waals surface area (Å²) in [6.45, 7) is 8.83. The van der Waals surface area contributed by atoms with E-state index in [1.807, 2.05) is 0 Å². The van der Waals surface area contributed by atoms with Gasteiger partial charge in [0.25, 0.3) is 0 Å². The van der Waals surface area contributed by atoms with Gasteiger partial charge in [-0.05, 0) is 44.0 Å². The Hall–Kier alpha value is -1.11. The van der Waals surface area contributed by atoms with E-state index in [2.05, 4.69) is 18.7 Å². The van der Waals surface area contributed by atoms with Crippen LogP contribution in [0.5, 0.6) is 0 Å². The van der Waals surface area contributed by atoms with Gasteiger partial charge in [0, 0.05) is 37.9 Å². The molecule has 0 radical (unpaired) electrons. The number of nitrogens with two attached hydrogens (primary N) is 1. The van der Waals surface area contributed by atoms with E-state index in [0.29, 0.717) is 35.3 Å². The Morgan fingerprint density at radius 3 is 2.38 bits per heavy atom. The zero-order valence-electron chi connectivity index (χ0n) is 13.0. The van der Waals surface area contributed by atoms with Crippen molar-refractivity contribution in [3.05, 3.63) is 23.8 Å². The number of nitrogen functional groups attached to an aromatic ring is 1. The van der Waals surface area contributed by atoms with Crippen LogP contribution in [0.2, 0.25) is 0 Å². The highest BCUT2D eigenvalue weighted by atomic mass is 32.2. The number of nitrogens with zero attached hydrogens (tertiary/aromatic N) is 2. The van der Waals surface area contributed by atoms with Gasteiger partial charge in [0.2, 0.25) is 10.0 Å². The lowest BCUT2D eigenvalue weighted by Gasteiger charge is -2.37. The number of aryl methyl sites for hydroxylation is 1. The van der Waals surface area contributed by atoms with Crippen molar-refractivity contribution in [2.24, 2.45) is 0 Å². The summed E-state index contributed by atoms with van der Waals surface area (Å²) >= 11 is 0. The third-order valence-electron chi connectivity index (χ3n) is 4.30. The highest BCUT2D eigenvalue weighted by Crippen LogP contribution is 2.23. The summed E-state index contributed by atoms with van der Waals surface area (Å²) in [5.74, 6) is 0. The second-order valence-corrected chi connectivity index (χ2v) is 7.63. The van der Waals surface area contributed by atoms with Crippen molar-refractivity contribution in [3.8, 4) is 0 Å². The van der Waals surface area contributed by atoms with E-state index >= 15 is 0 Å². The molecule has 2 N–H and O–H groups in total. The minimum Gasteiger partial charge on any atom is -0.399 e. The fraction of sp³-hybridized carbons (Fsp3) is 0.600. The fourth-order valence-electron chi connectivity index (χ4n) is 2.74. The van der Waals surface area contributed by atoms with Crippen molar-refractivity contribution in [1.82, 2.24) is 9.21 Å². The third-order valence-corrected chi connectivity index (χ3v) is 6.36. The molecule has 5 nitrogen and oxygen atoms in total. The van der Waals surface area contributed by atoms with Crippen LogP contribution >= 0.6 is 0 Å². The lowest BCUT2D eigenvalue weighted by Crippen LogP contribution is -2.51. The van der Waals surface area contributed by atoms with Gasteiger partial charge in [-0.3, -0.25) is 4.90 Å². The molecule has 21 heavy (non-hydrogen) atoms. The molecule has 1 saturated heterocycles. The smallest absolute Gasteiger partial charge is 0.243 e. The predicted octanol–water partition coefficient (Wildman–Crippen LogP) is 1.68. The fourth-order valence-corrected chi connectivity index (χ4v) is 4.37. The maximum atomic E-state index is 12.7. The molecule has 0 saturated carbocycles. The zero-order valence-corrected chi connectivity index (χ0v) is 13.9. The summed E-state index contributed by atoms with van der Waals surface area (Å²) in [6.07, 6.45) is 1.09. The molecular formula is C15H25N3O2S. The van der Waals surface area contributed by atoms with E-state index < -0.39 is 10.0 Å². The second kappa shape index (κ2) is 6.34. The summed E-state index contributed by atoms with van der Waals surface area (Å²) in [5.41, 5.74) is 7.00. The van der Waals surface area contributed by atoms with Gasteiger partial charge >= 0.3 is 0 Å². The van der Waals surface area contributed by atoms with Crippen molar-refractivity contribution in [2.45, 2.75) is 38.1 Å². The Balaban J connectivity index is 2.15. The van der Waals surface area contributed by atoms with Crippen molar-refractivity contribution < 1.29 is 8.42 Å². The highest BCUT2D eigenvalue weighted by molar-refractivity contribution is 7.89. The molecule has 1 unspecified atom stereocenters. The normalized spacial score (nSPS) is 19.6. The predicted molar refractivity (Wildman–Crippen MR) is 85.7 cm³/mol. The molecule has 0 bridgehead atoms. The molecule has 0 aromatic heterocycles. The molecule has 1 aliphatic rings. The maximum Gasteiger partial charge on any atom is 0.243 e. The largest absolute Gasteiger partial charge is 0.399 e. The minimum atomic E-state index is -3.41. The van der Waals surface area contributed by atoms with E-state index in [0.717, 1.165) is 19.5 Å². The van der Waals surface area contributed by atoms with Gasteiger partial charge in [0.15, 0.2) is 0 Å². The number of anilines is 1. The Kier molecular flexibility index (Phi) is 4.91. The molecule has 0 spiro atoms. The summed E-state index contributed by atoms with van der Waals surface area (Å²) in [7, 11) is -3.41. The lowest BCUT2D eigenvalue weighted by atomic mass is 10.2. The van der Waals surface area contributed by atoms with Crippen molar-refractivity contribution in [3.63, 3.8) is 0 Å². The maximum absolute atomic E-state index is 12.7. The number of rotatable bonds is 4. The van der Waals surface area contributed by atoms with Gasteiger partial charge in [-0.2, -0.15) is 4.31 Å². The number of piperazine rings is 1. The summed E-state index contributed by atoms with van der Waals surface area (Å²) in [5, 5.41) is 0. The van der Waals surface area contributed by atoms with E-state index in [9.17, 15) is 8.42 Å². The van der Waals surface area contributed by atoms with Crippen LogP contribution in [0.25, 0.3) is 0 Å². The van der Waals surface area contributed by atoms with Gasteiger partial charge in [-0.15, -0.1) is 0 Å². The highest BCUT2D eigenvalue weighted by Gasteiger charge is 2.30. The van der Waals surface area contributed by atoms with Crippen molar-refractivity contribution in [1.29, 1.82) is 0 Å². The van der Waals surface area contributed by atoms with Crippen LogP contribution < -0.4 is 5.73 Å². The number of benzene rings is 1. The number of hydrogen-bond acceptors (Lipinski definition) is 4. The monoisotopic (exact) mass is 311 g/mol. The van der Waals surface area contributed by atoms with Crippen LogP contribution in [0.1, 0.15) is 25.8 Å². The van der Waals surface area contributed by atoms with Crippen LogP contribution in [0.15, 0.2) is 23.1 Å². The first-order chi connectivity index (χ1) is 9.86. The molecule has 118 valence electrons. The van der Waals surface area contributed by atoms with E-state index in [1.54, 1.807) is 29.4 Å². The van der Waals surface area contributed by atoms with E-state index in [1.165, 1.54) is 0 Å². The van der Waals surface area contributed by atoms with Crippen LogP contribution in [0, 0.1) is 6.92 Å². The Labute approximate surface area is 127 Å². The molecule has 1 aromatic rings.